The zero-order chi connectivity index (χ0) is 10.8. The highest BCUT2D eigenvalue weighted by Gasteiger charge is 2.63. The highest BCUT2D eigenvalue weighted by Crippen LogP contribution is 2.69. The molecule has 0 nitrogen and oxygen atoms in total. The normalized spacial score (nSPS) is 51.5. The van der Waals surface area contributed by atoms with Gasteiger partial charge in [0.05, 0.1) is 0 Å². The standard InChI is InChI=1S/C15H24/c1-9-6-8-12-14(15(12,3)4)13-10(2)5-7-11(9)13/h6,10-14H,5,7-8H2,1-4H3. The predicted octanol–water partition coefficient (Wildman–Crippen LogP) is 4.27. The molecule has 5 unspecified atom stereocenters. The Balaban J connectivity index is 1.96. The smallest absolute Gasteiger partial charge is 0.0172 e. The summed E-state index contributed by atoms with van der Waals surface area (Å²) in [5.41, 5.74) is 2.37. The summed E-state index contributed by atoms with van der Waals surface area (Å²) in [5, 5.41) is 0. The molecule has 5 atom stereocenters. The van der Waals surface area contributed by atoms with Gasteiger partial charge >= 0.3 is 0 Å². The summed E-state index contributed by atoms with van der Waals surface area (Å²) >= 11 is 0. The Hall–Kier alpha value is -0.260. The van der Waals surface area contributed by atoms with Crippen LogP contribution in [0, 0.1) is 35.0 Å². The first-order valence-corrected chi connectivity index (χ1v) is 6.70. The maximum atomic E-state index is 2.56. The highest BCUT2D eigenvalue weighted by molar-refractivity contribution is 5.22. The summed E-state index contributed by atoms with van der Waals surface area (Å²) in [6.45, 7) is 9.88. The van der Waals surface area contributed by atoms with E-state index in [4.69, 9.17) is 0 Å². The lowest BCUT2D eigenvalue weighted by atomic mass is 9.80. The van der Waals surface area contributed by atoms with E-state index in [1.807, 2.05) is 0 Å². The van der Waals surface area contributed by atoms with Crippen LogP contribution in [-0.4, -0.2) is 0 Å². The van der Waals surface area contributed by atoms with Crippen LogP contribution in [0.1, 0.15) is 47.0 Å². The van der Waals surface area contributed by atoms with E-state index in [2.05, 4.69) is 33.8 Å². The molecule has 0 aliphatic heterocycles. The monoisotopic (exact) mass is 204 g/mol. The Morgan fingerprint density at radius 2 is 2.00 bits per heavy atom. The van der Waals surface area contributed by atoms with Crippen molar-refractivity contribution < 1.29 is 0 Å². The van der Waals surface area contributed by atoms with Gasteiger partial charge in [0.1, 0.15) is 0 Å². The van der Waals surface area contributed by atoms with Crippen LogP contribution in [-0.2, 0) is 0 Å². The average molecular weight is 204 g/mol. The summed E-state index contributed by atoms with van der Waals surface area (Å²) in [6, 6.07) is 0. The van der Waals surface area contributed by atoms with E-state index in [1.54, 1.807) is 5.57 Å². The van der Waals surface area contributed by atoms with Crippen LogP contribution in [0.5, 0.6) is 0 Å². The first-order chi connectivity index (χ1) is 7.03. The van der Waals surface area contributed by atoms with E-state index < -0.39 is 0 Å². The van der Waals surface area contributed by atoms with Gasteiger partial charge < -0.3 is 0 Å². The van der Waals surface area contributed by atoms with Gasteiger partial charge in [0.25, 0.3) is 0 Å². The van der Waals surface area contributed by atoms with E-state index in [0.29, 0.717) is 5.41 Å². The molecule has 0 bridgehead atoms. The van der Waals surface area contributed by atoms with Crippen molar-refractivity contribution in [3.05, 3.63) is 11.6 Å². The van der Waals surface area contributed by atoms with Gasteiger partial charge in [0.15, 0.2) is 0 Å². The van der Waals surface area contributed by atoms with Gasteiger partial charge in [0, 0.05) is 0 Å². The molecule has 3 rings (SSSR count). The Morgan fingerprint density at radius 1 is 1.27 bits per heavy atom. The first-order valence-electron chi connectivity index (χ1n) is 6.70. The van der Waals surface area contributed by atoms with E-state index in [1.165, 1.54) is 19.3 Å². The Morgan fingerprint density at radius 3 is 2.73 bits per heavy atom. The largest absolute Gasteiger partial charge is 0.0850 e. The van der Waals surface area contributed by atoms with Gasteiger partial charge in [-0.25, -0.2) is 0 Å². The lowest BCUT2D eigenvalue weighted by molar-refractivity contribution is 0.279. The Bertz CT molecular complexity index is 310. The summed E-state index contributed by atoms with van der Waals surface area (Å²) in [5.74, 6) is 4.97. The molecule has 0 aromatic heterocycles. The van der Waals surface area contributed by atoms with Crippen molar-refractivity contribution in [3.63, 3.8) is 0 Å². The van der Waals surface area contributed by atoms with Crippen LogP contribution in [0.15, 0.2) is 11.6 Å². The second-order valence-corrected chi connectivity index (χ2v) is 6.88. The van der Waals surface area contributed by atoms with Crippen LogP contribution < -0.4 is 0 Å². The number of allylic oxidation sites excluding steroid dienone is 2. The SMILES string of the molecule is CC1=CCC2C(C3C(C)CCC13)C2(C)C. The van der Waals surface area contributed by atoms with Crippen LogP contribution >= 0.6 is 0 Å². The average Bonchev–Trinajstić information content (AvgIpc) is 2.55. The summed E-state index contributed by atoms with van der Waals surface area (Å²) in [7, 11) is 0. The van der Waals surface area contributed by atoms with Gasteiger partial charge in [-0.15, -0.1) is 0 Å². The quantitative estimate of drug-likeness (QED) is 0.517. The molecular weight excluding hydrogens is 180 g/mol. The Kier molecular flexibility index (Phi) is 1.92. The maximum absolute atomic E-state index is 2.56. The van der Waals surface area contributed by atoms with Crippen LogP contribution in [0.25, 0.3) is 0 Å². The topological polar surface area (TPSA) is 0 Å². The molecule has 3 aliphatic carbocycles. The van der Waals surface area contributed by atoms with Crippen LogP contribution in [0.3, 0.4) is 0 Å². The van der Waals surface area contributed by atoms with Gasteiger partial charge in [0.2, 0.25) is 0 Å². The number of rotatable bonds is 0. The number of fused-ring (bicyclic) bond motifs is 3. The first kappa shape index (κ1) is 9.93. The molecule has 0 N–H and O–H groups in total. The zero-order valence-electron chi connectivity index (χ0n) is 10.6. The third kappa shape index (κ3) is 1.20. The lowest BCUT2D eigenvalue weighted by Crippen LogP contribution is -2.18. The molecule has 2 fully saturated rings. The molecule has 0 saturated heterocycles. The van der Waals surface area contributed by atoms with Crippen molar-refractivity contribution in [1.82, 2.24) is 0 Å². The minimum atomic E-state index is 0.652. The van der Waals surface area contributed by atoms with Gasteiger partial charge in [-0.1, -0.05) is 32.4 Å². The number of hydrogen-bond acceptors (Lipinski definition) is 0. The fourth-order valence-electron chi connectivity index (χ4n) is 4.82. The second-order valence-electron chi connectivity index (χ2n) is 6.88. The van der Waals surface area contributed by atoms with E-state index >= 15 is 0 Å². The van der Waals surface area contributed by atoms with Crippen molar-refractivity contribution >= 4 is 0 Å². The van der Waals surface area contributed by atoms with Crippen molar-refractivity contribution in [2.45, 2.75) is 47.0 Å². The molecule has 0 aromatic rings. The fourth-order valence-corrected chi connectivity index (χ4v) is 4.82. The fraction of sp³-hybridized carbons (Fsp3) is 0.867. The molecule has 3 aliphatic rings. The molecule has 0 spiro atoms. The minimum absolute atomic E-state index is 0.652. The molecule has 0 radical (unpaired) electrons. The van der Waals surface area contributed by atoms with Crippen molar-refractivity contribution in [3.8, 4) is 0 Å². The summed E-state index contributed by atoms with van der Waals surface area (Å²) < 4.78 is 0. The van der Waals surface area contributed by atoms with Crippen molar-refractivity contribution in [2.24, 2.45) is 35.0 Å². The van der Waals surface area contributed by atoms with E-state index in [0.717, 1.165) is 29.6 Å². The van der Waals surface area contributed by atoms with Gasteiger partial charge in [-0.3, -0.25) is 0 Å². The lowest BCUT2D eigenvalue weighted by Gasteiger charge is -2.25. The van der Waals surface area contributed by atoms with Crippen molar-refractivity contribution in [1.29, 1.82) is 0 Å². The molecule has 0 heteroatoms. The maximum Gasteiger partial charge on any atom is -0.0172 e. The predicted molar refractivity (Wildman–Crippen MR) is 64.5 cm³/mol. The summed E-state index contributed by atoms with van der Waals surface area (Å²) in [4.78, 5) is 0. The van der Waals surface area contributed by atoms with Crippen LogP contribution in [0.2, 0.25) is 0 Å². The van der Waals surface area contributed by atoms with Crippen molar-refractivity contribution in [2.75, 3.05) is 0 Å². The molecule has 84 valence electrons. The molecule has 2 saturated carbocycles. The minimum Gasteiger partial charge on any atom is -0.0850 e. The second kappa shape index (κ2) is 2.90. The Labute approximate surface area is 94.1 Å². The van der Waals surface area contributed by atoms with E-state index in [9.17, 15) is 0 Å². The van der Waals surface area contributed by atoms with Gasteiger partial charge in [-0.05, 0) is 61.2 Å². The summed E-state index contributed by atoms with van der Waals surface area (Å²) in [6.07, 6.45) is 6.87. The number of hydrogen-bond donors (Lipinski definition) is 0. The van der Waals surface area contributed by atoms with Crippen LogP contribution in [0.4, 0.5) is 0 Å². The molecule has 0 aromatic carbocycles. The third-order valence-corrected chi connectivity index (χ3v) is 5.89. The zero-order valence-corrected chi connectivity index (χ0v) is 10.6. The van der Waals surface area contributed by atoms with E-state index in [-0.39, 0.29) is 0 Å². The third-order valence-electron chi connectivity index (χ3n) is 5.89. The molecule has 15 heavy (non-hydrogen) atoms. The molecule has 0 heterocycles. The van der Waals surface area contributed by atoms with Gasteiger partial charge in [-0.2, -0.15) is 0 Å². The molecular formula is C15H24. The molecule has 0 amide bonds. The highest BCUT2D eigenvalue weighted by atomic mass is 14.7.